The van der Waals surface area contributed by atoms with Crippen molar-refractivity contribution in [1.82, 2.24) is 19.7 Å². The first-order valence-corrected chi connectivity index (χ1v) is 9.77. The van der Waals surface area contributed by atoms with Crippen LogP contribution in [0.3, 0.4) is 0 Å². The van der Waals surface area contributed by atoms with Crippen molar-refractivity contribution in [3.05, 3.63) is 24.0 Å². The van der Waals surface area contributed by atoms with Crippen LogP contribution in [0, 0.1) is 0 Å². The highest BCUT2D eigenvalue weighted by atomic mass is 32.1. The molecule has 0 bridgehead atoms. The maximum Gasteiger partial charge on any atom is 0.352 e. The third-order valence-electron chi connectivity index (χ3n) is 5.25. The number of anilines is 1. The van der Waals surface area contributed by atoms with E-state index in [9.17, 15) is 9.90 Å². The molecule has 25 heavy (non-hydrogen) atoms. The Morgan fingerprint density at radius 1 is 1.08 bits per heavy atom. The van der Waals surface area contributed by atoms with E-state index in [2.05, 4.69) is 20.0 Å². The minimum absolute atomic E-state index is 0.213. The zero-order valence-corrected chi connectivity index (χ0v) is 15.0. The highest BCUT2D eigenvalue weighted by Gasteiger charge is 2.26. The molecular formula is C17H23N5O2S. The van der Waals surface area contributed by atoms with Crippen molar-refractivity contribution in [3.63, 3.8) is 0 Å². The molecule has 1 aliphatic carbocycles. The number of aromatic carboxylic acids is 1. The summed E-state index contributed by atoms with van der Waals surface area (Å²) in [5.41, 5.74) is 0.213. The van der Waals surface area contributed by atoms with Crippen molar-refractivity contribution < 1.29 is 9.90 Å². The van der Waals surface area contributed by atoms with Gasteiger partial charge < -0.3 is 10.0 Å². The quantitative estimate of drug-likeness (QED) is 0.902. The molecule has 0 atom stereocenters. The molecule has 2 fully saturated rings. The first kappa shape index (κ1) is 16.5. The summed E-state index contributed by atoms with van der Waals surface area (Å²) in [5, 5.41) is 19.2. The molecule has 1 N–H and O–H groups in total. The first-order chi connectivity index (χ1) is 12.2. The molecule has 0 aromatic carbocycles. The molecule has 0 spiro atoms. The Labute approximate surface area is 150 Å². The van der Waals surface area contributed by atoms with Gasteiger partial charge in [0.15, 0.2) is 0 Å². The Balaban J connectivity index is 1.41. The van der Waals surface area contributed by atoms with Gasteiger partial charge in [-0.15, -0.1) is 10.2 Å². The standard InChI is InChI=1S/C17H23N5O2S/c23-15(24)14-7-4-8-22(14)17-19-18-16(25-17)21-11-9-20(10-12-21)13-5-2-1-3-6-13/h4,7-8,13H,1-3,5-6,9-12H2,(H,23,24). The van der Waals surface area contributed by atoms with Gasteiger partial charge in [-0.3, -0.25) is 9.47 Å². The van der Waals surface area contributed by atoms with E-state index in [1.165, 1.54) is 43.4 Å². The highest BCUT2D eigenvalue weighted by molar-refractivity contribution is 7.17. The molecule has 0 radical (unpaired) electrons. The van der Waals surface area contributed by atoms with Gasteiger partial charge in [0.05, 0.1) is 0 Å². The van der Waals surface area contributed by atoms with Gasteiger partial charge in [-0.05, 0) is 25.0 Å². The van der Waals surface area contributed by atoms with E-state index in [0.29, 0.717) is 5.13 Å². The molecule has 2 aromatic rings. The van der Waals surface area contributed by atoms with Gasteiger partial charge in [-0.2, -0.15) is 0 Å². The molecule has 1 saturated heterocycles. The van der Waals surface area contributed by atoms with Gasteiger partial charge in [0.1, 0.15) is 5.69 Å². The molecule has 2 aliphatic rings. The van der Waals surface area contributed by atoms with Crippen LogP contribution in [-0.2, 0) is 0 Å². The summed E-state index contributed by atoms with van der Waals surface area (Å²) >= 11 is 1.45. The van der Waals surface area contributed by atoms with Gasteiger partial charge in [-0.1, -0.05) is 30.6 Å². The number of carboxylic acids is 1. The molecule has 8 heteroatoms. The van der Waals surface area contributed by atoms with Crippen LogP contribution in [0.1, 0.15) is 42.6 Å². The zero-order valence-electron chi connectivity index (χ0n) is 14.2. The van der Waals surface area contributed by atoms with E-state index in [1.807, 2.05) is 0 Å². The second kappa shape index (κ2) is 7.13. The van der Waals surface area contributed by atoms with Crippen LogP contribution >= 0.6 is 11.3 Å². The van der Waals surface area contributed by atoms with Gasteiger partial charge >= 0.3 is 5.97 Å². The Kier molecular flexibility index (Phi) is 4.72. The van der Waals surface area contributed by atoms with E-state index in [1.54, 1.807) is 22.9 Å². The first-order valence-electron chi connectivity index (χ1n) is 8.96. The monoisotopic (exact) mass is 361 g/mol. The van der Waals surface area contributed by atoms with Crippen LogP contribution in [0.2, 0.25) is 0 Å². The number of piperazine rings is 1. The Bertz CT molecular complexity index is 729. The number of hydrogen-bond acceptors (Lipinski definition) is 6. The summed E-state index contributed by atoms with van der Waals surface area (Å²) < 4.78 is 1.59. The van der Waals surface area contributed by atoms with Crippen molar-refractivity contribution in [2.45, 2.75) is 38.1 Å². The van der Waals surface area contributed by atoms with Crippen molar-refractivity contribution in [2.75, 3.05) is 31.1 Å². The lowest BCUT2D eigenvalue weighted by Gasteiger charge is -2.40. The third-order valence-corrected chi connectivity index (χ3v) is 6.24. The number of nitrogens with zero attached hydrogens (tertiary/aromatic N) is 5. The Morgan fingerprint density at radius 3 is 2.52 bits per heavy atom. The number of carboxylic acid groups (broad SMARTS) is 1. The number of aromatic nitrogens is 3. The van der Waals surface area contributed by atoms with Crippen LogP contribution in [0.5, 0.6) is 0 Å². The minimum atomic E-state index is -0.956. The smallest absolute Gasteiger partial charge is 0.352 e. The molecule has 4 rings (SSSR count). The van der Waals surface area contributed by atoms with Gasteiger partial charge in [0.2, 0.25) is 10.3 Å². The molecule has 0 amide bonds. The summed E-state index contributed by atoms with van der Waals surface area (Å²) in [4.78, 5) is 16.2. The third kappa shape index (κ3) is 3.41. The van der Waals surface area contributed by atoms with Crippen LogP contribution in [0.15, 0.2) is 18.3 Å². The molecule has 3 heterocycles. The SMILES string of the molecule is O=C(O)c1cccn1-c1nnc(N2CCN(C3CCCCC3)CC2)s1. The maximum absolute atomic E-state index is 11.3. The molecule has 7 nitrogen and oxygen atoms in total. The lowest BCUT2D eigenvalue weighted by atomic mass is 9.94. The predicted molar refractivity (Wildman–Crippen MR) is 96.9 cm³/mol. The van der Waals surface area contributed by atoms with E-state index >= 15 is 0 Å². The summed E-state index contributed by atoms with van der Waals surface area (Å²) in [5.74, 6) is -0.956. The highest BCUT2D eigenvalue weighted by Crippen LogP contribution is 2.28. The lowest BCUT2D eigenvalue weighted by Crippen LogP contribution is -2.50. The van der Waals surface area contributed by atoms with Gasteiger partial charge in [0.25, 0.3) is 0 Å². The van der Waals surface area contributed by atoms with E-state index < -0.39 is 5.97 Å². The largest absolute Gasteiger partial charge is 0.477 e. The molecule has 1 saturated carbocycles. The summed E-state index contributed by atoms with van der Waals surface area (Å²) in [7, 11) is 0. The lowest BCUT2D eigenvalue weighted by molar-refractivity contribution is 0.0688. The number of rotatable bonds is 4. The second-order valence-corrected chi connectivity index (χ2v) is 7.69. The second-order valence-electron chi connectivity index (χ2n) is 6.75. The molecule has 0 unspecified atom stereocenters. The Hall–Kier alpha value is -1.93. The van der Waals surface area contributed by atoms with Gasteiger partial charge in [0, 0.05) is 38.4 Å². The van der Waals surface area contributed by atoms with Crippen LogP contribution in [0.25, 0.3) is 5.13 Å². The normalized spacial score (nSPS) is 20.1. The van der Waals surface area contributed by atoms with Crippen molar-refractivity contribution in [1.29, 1.82) is 0 Å². The average Bonchev–Trinajstić information content (AvgIpc) is 3.32. The van der Waals surface area contributed by atoms with E-state index in [4.69, 9.17) is 0 Å². The van der Waals surface area contributed by atoms with E-state index in [-0.39, 0.29) is 5.69 Å². The zero-order chi connectivity index (χ0) is 17.2. The fourth-order valence-corrected chi connectivity index (χ4v) is 4.78. The predicted octanol–water partition coefficient (Wildman–Crippen LogP) is 2.48. The van der Waals surface area contributed by atoms with Crippen molar-refractivity contribution in [2.24, 2.45) is 0 Å². The van der Waals surface area contributed by atoms with Crippen molar-refractivity contribution in [3.8, 4) is 5.13 Å². The van der Waals surface area contributed by atoms with Gasteiger partial charge in [-0.25, -0.2) is 4.79 Å². The molecule has 134 valence electrons. The Morgan fingerprint density at radius 2 is 1.80 bits per heavy atom. The maximum atomic E-state index is 11.3. The summed E-state index contributed by atoms with van der Waals surface area (Å²) in [6.07, 6.45) is 8.53. The molecule has 2 aromatic heterocycles. The topological polar surface area (TPSA) is 74.5 Å². The van der Waals surface area contributed by atoms with E-state index in [0.717, 1.165) is 37.4 Å². The molecular weight excluding hydrogens is 338 g/mol. The summed E-state index contributed by atoms with van der Waals surface area (Å²) in [6.45, 7) is 4.07. The number of carbonyl (C=O) groups is 1. The van der Waals surface area contributed by atoms with Crippen molar-refractivity contribution >= 4 is 22.4 Å². The fourth-order valence-electron chi connectivity index (χ4n) is 3.88. The van der Waals surface area contributed by atoms with Crippen LogP contribution in [-0.4, -0.2) is 63.0 Å². The molecule has 1 aliphatic heterocycles. The number of hydrogen-bond donors (Lipinski definition) is 1. The minimum Gasteiger partial charge on any atom is -0.477 e. The van der Waals surface area contributed by atoms with Crippen LogP contribution < -0.4 is 4.90 Å². The average molecular weight is 361 g/mol. The summed E-state index contributed by atoms with van der Waals surface area (Å²) in [6, 6.07) is 4.05. The fraction of sp³-hybridized carbons (Fsp3) is 0.588. The van der Waals surface area contributed by atoms with Crippen LogP contribution in [0.4, 0.5) is 5.13 Å².